The van der Waals surface area contributed by atoms with E-state index in [4.69, 9.17) is 5.73 Å². The minimum Gasteiger partial charge on any atom is -0.328 e. The van der Waals surface area contributed by atoms with Crippen LogP contribution in [-0.2, 0) is 10.0 Å². The van der Waals surface area contributed by atoms with Gasteiger partial charge in [0.1, 0.15) is 0 Å². The van der Waals surface area contributed by atoms with Crippen molar-refractivity contribution in [1.82, 2.24) is 9.29 Å². The van der Waals surface area contributed by atoms with E-state index in [2.05, 4.69) is 4.98 Å². The molecule has 0 bridgehead atoms. The Hall–Kier alpha value is -1.50. The van der Waals surface area contributed by atoms with Gasteiger partial charge >= 0.3 is 0 Å². The summed E-state index contributed by atoms with van der Waals surface area (Å²) in [6, 6.07) is 8.93. The Bertz CT molecular complexity index is 761. The zero-order chi connectivity index (χ0) is 15.7. The number of rotatable bonds is 3. The Balaban J connectivity index is 1.93. The summed E-state index contributed by atoms with van der Waals surface area (Å²) in [5.74, 6) is 0.403. The average molecular weight is 319 g/mol. The molecular formula is C16H21N3O2S. The largest absolute Gasteiger partial charge is 0.328 e. The number of piperidine rings is 1. The van der Waals surface area contributed by atoms with Crippen LogP contribution in [0.3, 0.4) is 0 Å². The molecule has 1 aliphatic rings. The van der Waals surface area contributed by atoms with E-state index in [0.29, 0.717) is 34.8 Å². The van der Waals surface area contributed by atoms with Crippen LogP contribution in [0.25, 0.3) is 10.9 Å². The molecule has 1 fully saturated rings. The van der Waals surface area contributed by atoms with Crippen LogP contribution in [0, 0.1) is 5.92 Å². The first-order valence-electron chi connectivity index (χ1n) is 7.59. The second-order valence-corrected chi connectivity index (χ2v) is 7.83. The third-order valence-corrected chi connectivity index (χ3v) is 6.42. The van der Waals surface area contributed by atoms with Gasteiger partial charge in [-0.05, 0) is 49.9 Å². The predicted octanol–water partition coefficient (Wildman–Crippen LogP) is 1.98. The smallest absolute Gasteiger partial charge is 0.243 e. The number of nitrogens with two attached hydrogens (primary N) is 1. The lowest BCUT2D eigenvalue weighted by Gasteiger charge is -2.33. The Labute approximate surface area is 131 Å². The number of hydrogen-bond acceptors (Lipinski definition) is 4. The summed E-state index contributed by atoms with van der Waals surface area (Å²) in [6.45, 7) is 3.06. The molecule has 1 unspecified atom stereocenters. The van der Waals surface area contributed by atoms with Gasteiger partial charge in [0.05, 0.1) is 10.4 Å². The molecule has 1 aliphatic heterocycles. The van der Waals surface area contributed by atoms with Crippen molar-refractivity contribution in [2.75, 3.05) is 13.1 Å². The number of pyridine rings is 1. The molecule has 3 rings (SSSR count). The molecule has 2 heterocycles. The van der Waals surface area contributed by atoms with E-state index in [0.717, 1.165) is 12.8 Å². The number of sulfonamides is 1. The normalized spacial score (nSPS) is 19.4. The molecule has 1 aromatic heterocycles. The lowest BCUT2D eigenvalue weighted by molar-refractivity contribution is 0.251. The van der Waals surface area contributed by atoms with Crippen LogP contribution in [0.5, 0.6) is 0 Å². The van der Waals surface area contributed by atoms with Crippen LogP contribution in [0.4, 0.5) is 0 Å². The summed E-state index contributed by atoms with van der Waals surface area (Å²) in [5, 5.41) is 0.680. The molecule has 0 aliphatic carbocycles. The number of nitrogens with zero attached hydrogens (tertiary/aromatic N) is 2. The van der Waals surface area contributed by atoms with Gasteiger partial charge in [-0.1, -0.05) is 6.07 Å². The number of aromatic nitrogens is 1. The maximum Gasteiger partial charge on any atom is 0.243 e. The van der Waals surface area contributed by atoms with Gasteiger partial charge in [0.15, 0.2) is 0 Å². The standard InChI is InChI=1S/C16H21N3O2S/c1-12(17)13-7-10-19(11-8-13)22(20,21)16-6-2-5-15-14(16)4-3-9-18-15/h2-6,9,12-13H,7-8,10-11,17H2,1H3. The van der Waals surface area contributed by atoms with Gasteiger partial charge < -0.3 is 5.73 Å². The molecule has 0 saturated carbocycles. The molecular weight excluding hydrogens is 298 g/mol. The van der Waals surface area contributed by atoms with Gasteiger partial charge in [0.2, 0.25) is 10.0 Å². The summed E-state index contributed by atoms with van der Waals surface area (Å²) >= 11 is 0. The van der Waals surface area contributed by atoms with Gasteiger partial charge in [-0.3, -0.25) is 4.98 Å². The molecule has 1 saturated heterocycles. The Morgan fingerprint density at radius 2 is 1.95 bits per heavy atom. The Morgan fingerprint density at radius 3 is 2.64 bits per heavy atom. The molecule has 1 aromatic carbocycles. The summed E-state index contributed by atoms with van der Waals surface area (Å²) in [4.78, 5) is 4.58. The zero-order valence-electron chi connectivity index (χ0n) is 12.6. The van der Waals surface area contributed by atoms with Crippen LogP contribution >= 0.6 is 0 Å². The van der Waals surface area contributed by atoms with Crippen molar-refractivity contribution in [2.24, 2.45) is 11.7 Å². The first-order valence-corrected chi connectivity index (χ1v) is 9.03. The van der Waals surface area contributed by atoms with Gasteiger partial charge in [-0.15, -0.1) is 0 Å². The van der Waals surface area contributed by atoms with E-state index < -0.39 is 10.0 Å². The number of fused-ring (bicyclic) bond motifs is 1. The van der Waals surface area contributed by atoms with E-state index >= 15 is 0 Å². The first kappa shape index (κ1) is 15.4. The molecule has 2 aromatic rings. The van der Waals surface area contributed by atoms with Crippen LogP contribution in [0.15, 0.2) is 41.4 Å². The van der Waals surface area contributed by atoms with E-state index in [1.165, 1.54) is 0 Å². The van der Waals surface area contributed by atoms with Crippen molar-refractivity contribution in [1.29, 1.82) is 0 Å². The highest BCUT2D eigenvalue weighted by atomic mass is 32.2. The summed E-state index contributed by atoms with van der Waals surface area (Å²) in [6.07, 6.45) is 3.31. The second kappa shape index (κ2) is 5.95. The van der Waals surface area contributed by atoms with Gasteiger partial charge in [0, 0.05) is 30.7 Å². The summed E-state index contributed by atoms with van der Waals surface area (Å²) in [7, 11) is -3.49. The highest BCUT2D eigenvalue weighted by Gasteiger charge is 2.31. The van der Waals surface area contributed by atoms with Crippen LogP contribution in [0.1, 0.15) is 19.8 Å². The quantitative estimate of drug-likeness (QED) is 0.938. The zero-order valence-corrected chi connectivity index (χ0v) is 13.5. The third kappa shape index (κ3) is 2.74. The molecule has 1 atom stereocenters. The van der Waals surface area contributed by atoms with E-state index in [1.54, 1.807) is 28.7 Å². The molecule has 6 heteroatoms. The maximum absolute atomic E-state index is 12.9. The summed E-state index contributed by atoms with van der Waals surface area (Å²) in [5.41, 5.74) is 6.63. The molecule has 0 spiro atoms. The highest BCUT2D eigenvalue weighted by molar-refractivity contribution is 7.89. The molecule has 0 radical (unpaired) electrons. The lowest BCUT2D eigenvalue weighted by atomic mass is 9.92. The third-order valence-electron chi connectivity index (χ3n) is 4.47. The lowest BCUT2D eigenvalue weighted by Crippen LogP contribution is -2.42. The SMILES string of the molecule is CC(N)C1CCN(S(=O)(=O)c2cccc3ncccc23)CC1. The first-order chi connectivity index (χ1) is 10.5. The van der Waals surface area contributed by atoms with Crippen LogP contribution in [0.2, 0.25) is 0 Å². The topological polar surface area (TPSA) is 76.3 Å². The highest BCUT2D eigenvalue weighted by Crippen LogP contribution is 2.28. The van der Waals surface area contributed by atoms with Crippen molar-refractivity contribution < 1.29 is 8.42 Å². The second-order valence-electron chi connectivity index (χ2n) is 5.93. The van der Waals surface area contributed by atoms with Crippen molar-refractivity contribution in [3.63, 3.8) is 0 Å². The molecule has 5 nitrogen and oxygen atoms in total. The number of hydrogen-bond donors (Lipinski definition) is 1. The minimum absolute atomic E-state index is 0.117. The Morgan fingerprint density at radius 1 is 1.23 bits per heavy atom. The molecule has 2 N–H and O–H groups in total. The average Bonchev–Trinajstić information content (AvgIpc) is 2.54. The molecule has 118 valence electrons. The fraction of sp³-hybridized carbons (Fsp3) is 0.438. The van der Waals surface area contributed by atoms with Gasteiger partial charge in [0.25, 0.3) is 0 Å². The van der Waals surface area contributed by atoms with Crippen molar-refractivity contribution in [2.45, 2.75) is 30.7 Å². The fourth-order valence-electron chi connectivity index (χ4n) is 3.08. The predicted molar refractivity (Wildman–Crippen MR) is 86.9 cm³/mol. The van der Waals surface area contributed by atoms with E-state index in [-0.39, 0.29) is 6.04 Å². The van der Waals surface area contributed by atoms with Crippen LogP contribution < -0.4 is 5.73 Å². The Kier molecular flexibility index (Phi) is 4.16. The molecule has 22 heavy (non-hydrogen) atoms. The van der Waals surface area contributed by atoms with Gasteiger partial charge in [-0.25, -0.2) is 8.42 Å². The number of benzene rings is 1. The fourth-order valence-corrected chi connectivity index (χ4v) is 4.75. The van der Waals surface area contributed by atoms with E-state index in [9.17, 15) is 8.42 Å². The van der Waals surface area contributed by atoms with Crippen LogP contribution in [-0.4, -0.2) is 36.8 Å². The summed E-state index contributed by atoms with van der Waals surface area (Å²) < 4.78 is 27.5. The van der Waals surface area contributed by atoms with Crippen molar-refractivity contribution in [3.05, 3.63) is 36.5 Å². The van der Waals surface area contributed by atoms with Crippen molar-refractivity contribution in [3.8, 4) is 0 Å². The maximum atomic E-state index is 12.9. The van der Waals surface area contributed by atoms with E-state index in [1.807, 2.05) is 19.1 Å². The molecule has 0 amide bonds. The monoisotopic (exact) mass is 319 g/mol. The van der Waals surface area contributed by atoms with Gasteiger partial charge in [-0.2, -0.15) is 4.31 Å². The van der Waals surface area contributed by atoms with Crippen molar-refractivity contribution >= 4 is 20.9 Å². The minimum atomic E-state index is -3.49.